The maximum absolute atomic E-state index is 13.8. The minimum Gasteiger partial charge on any atom is -0.462 e. The van der Waals surface area contributed by atoms with Crippen molar-refractivity contribution in [1.82, 2.24) is 4.57 Å². The number of allylic oxidation sites excluding steroid dienone is 1. The molecule has 3 aromatic rings. The summed E-state index contributed by atoms with van der Waals surface area (Å²) in [6.45, 7) is 13.8. The first-order valence-corrected chi connectivity index (χ1v) is 12.4. The monoisotopic (exact) mass is 502 g/mol. The molecule has 0 atom stereocenters. The number of aromatic nitrogens is 1. The summed E-state index contributed by atoms with van der Waals surface area (Å²) in [4.78, 5) is 28.4. The van der Waals surface area contributed by atoms with Crippen molar-refractivity contribution in [3.05, 3.63) is 98.0 Å². The lowest BCUT2D eigenvalue weighted by Crippen LogP contribution is -2.24. The van der Waals surface area contributed by atoms with Gasteiger partial charge in [0.15, 0.2) is 0 Å². The van der Waals surface area contributed by atoms with Gasteiger partial charge in [0.1, 0.15) is 0 Å². The molecule has 6 heteroatoms. The molecule has 0 saturated heterocycles. The third kappa shape index (κ3) is 4.40. The van der Waals surface area contributed by atoms with Gasteiger partial charge in [0, 0.05) is 33.5 Å². The summed E-state index contributed by atoms with van der Waals surface area (Å²) in [5.41, 5.74) is 8.86. The van der Waals surface area contributed by atoms with E-state index >= 15 is 0 Å². The summed E-state index contributed by atoms with van der Waals surface area (Å²) in [5.74, 6) is -0.748. The van der Waals surface area contributed by atoms with Crippen LogP contribution in [-0.2, 0) is 14.3 Å². The minimum absolute atomic E-state index is 0.226. The van der Waals surface area contributed by atoms with E-state index in [4.69, 9.17) is 16.3 Å². The molecule has 36 heavy (non-hydrogen) atoms. The number of halogens is 1. The Labute approximate surface area is 217 Å². The number of nitrogens with zero attached hydrogens (tertiary/aromatic N) is 2. The highest BCUT2D eigenvalue weighted by Crippen LogP contribution is 2.37. The van der Waals surface area contributed by atoms with Crippen LogP contribution in [0, 0.1) is 34.6 Å². The van der Waals surface area contributed by atoms with Gasteiger partial charge in [-0.2, -0.15) is 0 Å². The zero-order valence-corrected chi connectivity index (χ0v) is 22.6. The van der Waals surface area contributed by atoms with Gasteiger partial charge in [-0.1, -0.05) is 23.7 Å². The molecule has 2 heterocycles. The maximum Gasteiger partial charge on any atom is 0.340 e. The number of hydrogen-bond donors (Lipinski definition) is 0. The highest BCUT2D eigenvalue weighted by molar-refractivity contribution is 6.31. The molecule has 4 rings (SSSR count). The number of esters is 1. The number of hydrogen-bond acceptors (Lipinski definition) is 3. The summed E-state index contributed by atoms with van der Waals surface area (Å²) in [6.07, 6.45) is 1.80. The van der Waals surface area contributed by atoms with Crippen LogP contribution >= 0.6 is 11.6 Å². The quantitative estimate of drug-likeness (QED) is 0.280. The first kappa shape index (κ1) is 25.5. The van der Waals surface area contributed by atoms with E-state index in [1.807, 2.05) is 77.1 Å². The molecule has 1 aliphatic heterocycles. The van der Waals surface area contributed by atoms with Crippen LogP contribution in [0.15, 0.2) is 59.3 Å². The molecule has 5 nitrogen and oxygen atoms in total. The van der Waals surface area contributed by atoms with Gasteiger partial charge in [-0.15, -0.1) is 0 Å². The predicted molar refractivity (Wildman–Crippen MR) is 146 cm³/mol. The first-order chi connectivity index (χ1) is 17.0. The number of rotatable bonds is 5. The van der Waals surface area contributed by atoms with Crippen molar-refractivity contribution in [3.8, 4) is 5.69 Å². The molecule has 0 fully saturated rings. The number of ether oxygens (including phenoxy) is 1. The molecule has 186 valence electrons. The van der Waals surface area contributed by atoms with E-state index in [-0.39, 0.29) is 12.5 Å². The van der Waals surface area contributed by atoms with E-state index in [9.17, 15) is 9.59 Å². The third-order valence-electron chi connectivity index (χ3n) is 6.81. The number of carbonyl (C=O) groups excluding carboxylic acids is 2. The number of anilines is 1. The van der Waals surface area contributed by atoms with Gasteiger partial charge < -0.3 is 9.30 Å². The van der Waals surface area contributed by atoms with Crippen molar-refractivity contribution in [2.75, 3.05) is 11.5 Å². The molecule has 1 aliphatic rings. The van der Waals surface area contributed by atoms with Gasteiger partial charge in [0.25, 0.3) is 5.91 Å². The summed E-state index contributed by atoms with van der Waals surface area (Å²) >= 11 is 6.39. The maximum atomic E-state index is 13.8. The smallest absolute Gasteiger partial charge is 0.340 e. The van der Waals surface area contributed by atoms with E-state index in [1.54, 1.807) is 24.8 Å². The minimum atomic E-state index is -0.500. The zero-order valence-electron chi connectivity index (χ0n) is 21.8. The fraction of sp³-hybridized carbons (Fsp3) is 0.267. The van der Waals surface area contributed by atoms with Crippen LogP contribution in [0.3, 0.4) is 0 Å². The number of benzene rings is 2. The largest absolute Gasteiger partial charge is 0.462 e. The number of carbonyl (C=O) groups is 2. The van der Waals surface area contributed by atoms with Crippen molar-refractivity contribution in [3.63, 3.8) is 0 Å². The lowest BCUT2D eigenvalue weighted by atomic mass is 10.0. The highest BCUT2D eigenvalue weighted by atomic mass is 35.5. The van der Waals surface area contributed by atoms with Crippen LogP contribution in [0.4, 0.5) is 5.69 Å². The molecule has 0 saturated carbocycles. The molecule has 0 bridgehead atoms. The number of amides is 1. The van der Waals surface area contributed by atoms with E-state index in [0.29, 0.717) is 21.9 Å². The van der Waals surface area contributed by atoms with E-state index in [1.165, 1.54) is 0 Å². The lowest BCUT2D eigenvalue weighted by molar-refractivity contribution is -0.138. The molecule has 0 spiro atoms. The molecule has 0 radical (unpaired) electrons. The van der Waals surface area contributed by atoms with Crippen molar-refractivity contribution < 1.29 is 14.3 Å². The summed E-state index contributed by atoms with van der Waals surface area (Å²) < 4.78 is 7.45. The van der Waals surface area contributed by atoms with Crippen molar-refractivity contribution in [2.24, 2.45) is 0 Å². The molecule has 0 N–H and O–H groups in total. The molecule has 0 aliphatic carbocycles. The Kier molecular flexibility index (Phi) is 6.96. The Morgan fingerprint density at radius 1 is 0.917 bits per heavy atom. The average molecular weight is 503 g/mol. The van der Waals surface area contributed by atoms with Gasteiger partial charge in [-0.3, -0.25) is 9.69 Å². The van der Waals surface area contributed by atoms with Crippen molar-refractivity contribution >= 4 is 35.2 Å². The molecule has 0 unspecified atom stereocenters. The SMILES string of the molecule is CCOC(=O)C1=C(C)N(c2ccc(C)c(C)c2)C(=O)/C1=C\c1cc(C)n(-c2ccc(C)c(Cl)c2)c1C. The van der Waals surface area contributed by atoms with Crippen LogP contribution < -0.4 is 4.90 Å². The highest BCUT2D eigenvalue weighted by Gasteiger charge is 2.38. The molecule has 1 aromatic heterocycles. The second-order valence-corrected chi connectivity index (χ2v) is 9.65. The third-order valence-corrected chi connectivity index (χ3v) is 7.22. The normalized spacial score (nSPS) is 14.8. The van der Waals surface area contributed by atoms with Gasteiger partial charge in [-0.05, 0) is 107 Å². The first-order valence-electron chi connectivity index (χ1n) is 12.0. The van der Waals surface area contributed by atoms with Crippen LogP contribution in [0.1, 0.15) is 47.5 Å². The Hall–Kier alpha value is -3.57. The van der Waals surface area contributed by atoms with E-state index in [2.05, 4.69) is 4.57 Å². The van der Waals surface area contributed by atoms with E-state index < -0.39 is 5.97 Å². The van der Waals surface area contributed by atoms with Gasteiger partial charge in [-0.25, -0.2) is 4.79 Å². The summed E-state index contributed by atoms with van der Waals surface area (Å²) in [7, 11) is 0. The molecule has 1 amide bonds. The summed E-state index contributed by atoms with van der Waals surface area (Å²) in [5, 5.41) is 0.693. The van der Waals surface area contributed by atoms with E-state index in [0.717, 1.165) is 45.0 Å². The van der Waals surface area contributed by atoms with Gasteiger partial charge >= 0.3 is 5.97 Å². The Morgan fingerprint density at radius 3 is 2.22 bits per heavy atom. The molecule has 2 aromatic carbocycles. The Bertz CT molecular complexity index is 1460. The Balaban J connectivity index is 1.86. The van der Waals surface area contributed by atoms with Crippen LogP contribution in [0.5, 0.6) is 0 Å². The molecular formula is C30H31ClN2O3. The van der Waals surface area contributed by atoms with Crippen LogP contribution in [0.25, 0.3) is 11.8 Å². The number of aryl methyl sites for hydroxylation is 4. The topological polar surface area (TPSA) is 51.5 Å². The molecular weight excluding hydrogens is 472 g/mol. The van der Waals surface area contributed by atoms with Crippen LogP contribution in [0.2, 0.25) is 5.02 Å². The fourth-order valence-electron chi connectivity index (χ4n) is 4.66. The zero-order chi connectivity index (χ0) is 26.3. The standard InChI is InChI=1S/C30H31ClN2O3/c1-8-36-30(35)28-22(7)33(24-11-9-17(2)19(4)13-24)29(34)26(28)15-23-14-20(5)32(21(23)6)25-12-10-18(3)27(31)16-25/h9-16H,8H2,1-7H3/b26-15-. The fourth-order valence-corrected chi connectivity index (χ4v) is 4.84. The second kappa shape index (κ2) is 9.82. The van der Waals surface area contributed by atoms with Crippen molar-refractivity contribution in [2.45, 2.75) is 48.5 Å². The van der Waals surface area contributed by atoms with Crippen LogP contribution in [-0.4, -0.2) is 23.1 Å². The Morgan fingerprint density at radius 2 is 1.58 bits per heavy atom. The average Bonchev–Trinajstić information content (AvgIpc) is 3.24. The summed E-state index contributed by atoms with van der Waals surface area (Å²) in [6, 6.07) is 13.8. The van der Waals surface area contributed by atoms with Gasteiger partial charge in [0.05, 0.1) is 17.8 Å². The second-order valence-electron chi connectivity index (χ2n) is 9.24. The lowest BCUT2D eigenvalue weighted by Gasteiger charge is -2.19. The predicted octanol–water partition coefficient (Wildman–Crippen LogP) is 6.94. The van der Waals surface area contributed by atoms with Crippen molar-refractivity contribution in [1.29, 1.82) is 0 Å². The van der Waals surface area contributed by atoms with Gasteiger partial charge in [0.2, 0.25) is 0 Å².